The van der Waals surface area contributed by atoms with Gasteiger partial charge in [0.1, 0.15) is 0 Å². The molecular formula is C17H24N2O8S3. The van der Waals surface area contributed by atoms with E-state index in [1.807, 2.05) is 0 Å². The number of benzene rings is 1. The van der Waals surface area contributed by atoms with Crippen LogP contribution in [0.3, 0.4) is 0 Å². The van der Waals surface area contributed by atoms with E-state index in [2.05, 4.69) is 0 Å². The third-order valence-electron chi connectivity index (χ3n) is 5.17. The van der Waals surface area contributed by atoms with Crippen molar-refractivity contribution < 1.29 is 34.8 Å². The number of rotatable bonds is 5. The quantitative estimate of drug-likeness (QED) is 0.579. The topological polar surface area (TPSA) is 135 Å². The van der Waals surface area contributed by atoms with E-state index in [0.29, 0.717) is 0 Å². The fourth-order valence-corrected chi connectivity index (χ4v) is 9.43. The van der Waals surface area contributed by atoms with Crippen LogP contribution < -0.4 is 0 Å². The Morgan fingerprint density at radius 1 is 1.10 bits per heavy atom. The van der Waals surface area contributed by atoms with Gasteiger partial charge >= 0.3 is 6.09 Å². The summed E-state index contributed by atoms with van der Waals surface area (Å²) in [6.07, 6.45) is -0.508. The molecule has 2 saturated heterocycles. The molecule has 2 fully saturated rings. The van der Waals surface area contributed by atoms with E-state index in [0.717, 1.165) is 6.07 Å². The van der Waals surface area contributed by atoms with Gasteiger partial charge in [0.2, 0.25) is 10.0 Å². The molecule has 168 valence electrons. The zero-order valence-corrected chi connectivity index (χ0v) is 18.9. The molecule has 30 heavy (non-hydrogen) atoms. The van der Waals surface area contributed by atoms with Gasteiger partial charge in [0.05, 0.1) is 33.2 Å². The van der Waals surface area contributed by atoms with Gasteiger partial charge in [0.25, 0.3) is 0 Å². The molecule has 0 spiro atoms. The van der Waals surface area contributed by atoms with Gasteiger partial charge in [-0.2, -0.15) is 4.31 Å². The molecule has 1 aromatic carbocycles. The Hall–Kier alpha value is -1.70. The summed E-state index contributed by atoms with van der Waals surface area (Å²) in [4.78, 5) is 12.8. The zero-order chi connectivity index (χ0) is 22.2. The number of nitrogens with zero attached hydrogens (tertiary/aromatic N) is 2. The SMILES string of the molecule is CCOC(=O)N1CCN(S(=O)(=O)c2cccc(S(=O)(=O)C3CCS(=O)(=O)C3)c2)CC1. The van der Waals surface area contributed by atoms with Crippen LogP contribution in [0.15, 0.2) is 34.1 Å². The monoisotopic (exact) mass is 480 g/mol. The van der Waals surface area contributed by atoms with Gasteiger partial charge < -0.3 is 9.64 Å². The zero-order valence-electron chi connectivity index (χ0n) is 16.4. The maximum absolute atomic E-state index is 13.0. The molecule has 13 heteroatoms. The molecule has 1 aromatic rings. The fourth-order valence-electron chi connectivity index (χ4n) is 3.48. The summed E-state index contributed by atoms with van der Waals surface area (Å²) in [6, 6.07) is 4.99. The second kappa shape index (κ2) is 8.44. The largest absolute Gasteiger partial charge is 0.450 e. The number of piperazine rings is 1. The van der Waals surface area contributed by atoms with Crippen LogP contribution in [0.25, 0.3) is 0 Å². The molecule has 1 atom stereocenters. The van der Waals surface area contributed by atoms with Crippen LogP contribution in [0.4, 0.5) is 4.79 Å². The Kier molecular flexibility index (Phi) is 6.46. The lowest BCUT2D eigenvalue weighted by Crippen LogP contribution is -2.50. The summed E-state index contributed by atoms with van der Waals surface area (Å²) in [5.41, 5.74) is 0. The first kappa shape index (κ1) is 23.0. The van der Waals surface area contributed by atoms with E-state index in [-0.39, 0.29) is 54.8 Å². The van der Waals surface area contributed by atoms with Gasteiger partial charge in [-0.15, -0.1) is 0 Å². The van der Waals surface area contributed by atoms with Gasteiger partial charge in [-0.3, -0.25) is 0 Å². The second-order valence-corrected chi connectivity index (χ2v) is 13.5. The van der Waals surface area contributed by atoms with Crippen molar-refractivity contribution in [3.05, 3.63) is 24.3 Å². The van der Waals surface area contributed by atoms with Gasteiger partial charge in [0.15, 0.2) is 19.7 Å². The van der Waals surface area contributed by atoms with Crippen molar-refractivity contribution in [3.8, 4) is 0 Å². The lowest BCUT2D eigenvalue weighted by Gasteiger charge is -2.33. The highest BCUT2D eigenvalue weighted by Gasteiger charge is 2.39. The van der Waals surface area contributed by atoms with E-state index in [1.54, 1.807) is 6.92 Å². The van der Waals surface area contributed by atoms with Crippen LogP contribution >= 0.6 is 0 Å². The highest BCUT2D eigenvalue weighted by Crippen LogP contribution is 2.28. The molecule has 2 heterocycles. The number of hydrogen-bond acceptors (Lipinski definition) is 8. The Bertz CT molecular complexity index is 1120. The van der Waals surface area contributed by atoms with Crippen LogP contribution in [0.1, 0.15) is 13.3 Å². The number of hydrogen-bond donors (Lipinski definition) is 0. The fraction of sp³-hybridized carbons (Fsp3) is 0.588. The van der Waals surface area contributed by atoms with E-state index in [9.17, 15) is 30.0 Å². The summed E-state index contributed by atoms with van der Waals surface area (Å²) in [7, 11) is -11.4. The van der Waals surface area contributed by atoms with E-state index < -0.39 is 46.8 Å². The first-order valence-corrected chi connectivity index (χ1v) is 14.2. The maximum Gasteiger partial charge on any atom is 0.409 e. The minimum atomic E-state index is -3.98. The molecule has 0 N–H and O–H groups in total. The van der Waals surface area contributed by atoms with Gasteiger partial charge in [-0.25, -0.2) is 30.0 Å². The minimum Gasteiger partial charge on any atom is -0.450 e. The van der Waals surface area contributed by atoms with Crippen LogP contribution in [-0.4, -0.2) is 90.1 Å². The molecular weight excluding hydrogens is 456 g/mol. The van der Waals surface area contributed by atoms with Crippen LogP contribution in [0, 0.1) is 0 Å². The first-order valence-electron chi connectivity index (χ1n) is 9.43. The van der Waals surface area contributed by atoms with E-state index in [1.165, 1.54) is 27.4 Å². The summed E-state index contributed by atoms with van der Waals surface area (Å²) in [6.45, 7) is 2.34. The third-order valence-corrected chi connectivity index (χ3v) is 11.2. The predicted octanol–water partition coefficient (Wildman–Crippen LogP) is 0.110. The summed E-state index contributed by atoms with van der Waals surface area (Å²) in [5, 5.41) is -1.08. The normalized spacial score (nSPS) is 22.7. The molecule has 0 radical (unpaired) electrons. The van der Waals surface area contributed by atoms with Crippen molar-refractivity contribution in [1.29, 1.82) is 0 Å². The molecule has 10 nitrogen and oxygen atoms in total. The van der Waals surface area contributed by atoms with E-state index >= 15 is 0 Å². The van der Waals surface area contributed by atoms with Crippen molar-refractivity contribution in [2.75, 3.05) is 44.3 Å². The summed E-state index contributed by atoms with van der Waals surface area (Å²) < 4.78 is 81.1. The molecule has 3 rings (SSSR count). The van der Waals surface area contributed by atoms with Crippen molar-refractivity contribution >= 4 is 35.8 Å². The number of sulfonamides is 1. The third kappa shape index (κ3) is 4.63. The molecule has 0 bridgehead atoms. The molecule has 0 saturated carbocycles. The van der Waals surface area contributed by atoms with Crippen molar-refractivity contribution in [1.82, 2.24) is 9.21 Å². The Balaban J connectivity index is 1.79. The van der Waals surface area contributed by atoms with Gasteiger partial charge in [-0.05, 0) is 31.5 Å². The molecule has 2 aliphatic rings. The van der Waals surface area contributed by atoms with Crippen molar-refractivity contribution in [2.45, 2.75) is 28.4 Å². The second-order valence-electron chi connectivity index (χ2n) is 7.13. The molecule has 0 aromatic heterocycles. The molecule has 0 aliphatic carbocycles. The Morgan fingerprint density at radius 3 is 2.30 bits per heavy atom. The Morgan fingerprint density at radius 2 is 1.73 bits per heavy atom. The van der Waals surface area contributed by atoms with E-state index in [4.69, 9.17) is 4.74 Å². The van der Waals surface area contributed by atoms with Crippen LogP contribution in [0.2, 0.25) is 0 Å². The molecule has 1 unspecified atom stereocenters. The van der Waals surface area contributed by atoms with Crippen molar-refractivity contribution in [3.63, 3.8) is 0 Å². The highest BCUT2D eigenvalue weighted by atomic mass is 32.2. The predicted molar refractivity (Wildman–Crippen MR) is 108 cm³/mol. The lowest BCUT2D eigenvalue weighted by atomic mass is 10.4. The van der Waals surface area contributed by atoms with Crippen molar-refractivity contribution in [2.24, 2.45) is 0 Å². The van der Waals surface area contributed by atoms with Gasteiger partial charge in [0, 0.05) is 26.2 Å². The average Bonchev–Trinajstić information content (AvgIpc) is 3.09. The first-order chi connectivity index (χ1) is 14.0. The Labute approximate surface area is 176 Å². The lowest BCUT2D eigenvalue weighted by molar-refractivity contribution is 0.0934. The molecule has 1 amide bonds. The standard InChI is InChI=1S/C17H24N2O8S3/c1-2-27-17(20)18-7-9-19(10-8-18)30(25,26)15-5-3-4-14(12-15)29(23,24)16-6-11-28(21,22)13-16/h3-5,12,16H,2,6-11,13H2,1H3. The van der Waals surface area contributed by atoms with Crippen LogP contribution in [0.5, 0.6) is 0 Å². The van der Waals surface area contributed by atoms with Crippen LogP contribution in [-0.2, 0) is 34.4 Å². The average molecular weight is 481 g/mol. The molecule has 2 aliphatic heterocycles. The minimum absolute atomic E-state index is 0.00252. The highest BCUT2D eigenvalue weighted by molar-refractivity contribution is 7.96. The maximum atomic E-state index is 13.0. The smallest absolute Gasteiger partial charge is 0.409 e. The summed E-state index contributed by atoms with van der Waals surface area (Å²) in [5.74, 6) is -0.651. The number of sulfone groups is 2. The number of amides is 1. The number of carbonyl (C=O) groups excluding carboxylic acids is 1. The number of ether oxygens (including phenoxy) is 1. The number of carbonyl (C=O) groups is 1. The summed E-state index contributed by atoms with van der Waals surface area (Å²) >= 11 is 0. The van der Waals surface area contributed by atoms with Gasteiger partial charge in [-0.1, -0.05) is 6.07 Å².